The van der Waals surface area contributed by atoms with Crippen LogP contribution in [-0.4, -0.2) is 67.1 Å². The van der Waals surface area contributed by atoms with Crippen molar-refractivity contribution in [2.75, 3.05) is 46.3 Å². The standard InChI is InChI=1S/C20H31ClFN3/c1-15-4-5-19(22)18(20(15)21)14-24-8-6-17(7-9-24)16(2)25-12-10-23(3)11-13-25/h4-5,16-17H,6-14H2,1-3H3/t16-/m0/s1. The first kappa shape index (κ1) is 19.1. The van der Waals surface area contributed by atoms with E-state index in [1.165, 1.54) is 39.0 Å². The van der Waals surface area contributed by atoms with Gasteiger partial charge in [-0.25, -0.2) is 4.39 Å². The number of nitrogens with zero attached hydrogens (tertiary/aromatic N) is 3. The van der Waals surface area contributed by atoms with Crippen LogP contribution in [0.2, 0.25) is 5.02 Å². The molecule has 2 fully saturated rings. The maximum atomic E-state index is 14.1. The maximum Gasteiger partial charge on any atom is 0.129 e. The summed E-state index contributed by atoms with van der Waals surface area (Å²) >= 11 is 6.33. The van der Waals surface area contributed by atoms with Crippen LogP contribution in [0.3, 0.4) is 0 Å². The number of rotatable bonds is 4. The van der Waals surface area contributed by atoms with Gasteiger partial charge in [-0.1, -0.05) is 17.7 Å². The number of likely N-dealkylation sites (tertiary alicyclic amines) is 1. The summed E-state index contributed by atoms with van der Waals surface area (Å²) in [6.45, 7) is 11.7. The Morgan fingerprint density at radius 3 is 2.40 bits per heavy atom. The molecule has 0 aromatic heterocycles. The van der Waals surface area contributed by atoms with Crippen LogP contribution in [0.4, 0.5) is 4.39 Å². The van der Waals surface area contributed by atoms with Crippen molar-refractivity contribution in [2.24, 2.45) is 5.92 Å². The molecule has 1 atom stereocenters. The zero-order valence-corrected chi connectivity index (χ0v) is 16.5. The van der Waals surface area contributed by atoms with E-state index in [2.05, 4.69) is 28.7 Å². The van der Waals surface area contributed by atoms with Gasteiger partial charge in [-0.15, -0.1) is 0 Å². The zero-order valence-electron chi connectivity index (χ0n) is 15.8. The Bertz CT molecular complexity index is 579. The van der Waals surface area contributed by atoms with E-state index in [0.717, 1.165) is 24.6 Å². The minimum absolute atomic E-state index is 0.177. The average molecular weight is 368 g/mol. The molecule has 0 saturated carbocycles. The summed E-state index contributed by atoms with van der Waals surface area (Å²) in [4.78, 5) is 7.42. The van der Waals surface area contributed by atoms with Gasteiger partial charge in [0.2, 0.25) is 0 Å². The first-order valence-corrected chi connectivity index (χ1v) is 9.92. The van der Waals surface area contributed by atoms with Crippen LogP contribution in [0.1, 0.15) is 30.9 Å². The molecule has 25 heavy (non-hydrogen) atoms. The Kier molecular flexibility index (Phi) is 6.37. The molecule has 0 radical (unpaired) electrons. The molecule has 3 nitrogen and oxygen atoms in total. The van der Waals surface area contributed by atoms with E-state index in [1.807, 2.05) is 6.92 Å². The van der Waals surface area contributed by atoms with E-state index >= 15 is 0 Å². The molecular weight excluding hydrogens is 337 g/mol. The molecule has 0 spiro atoms. The van der Waals surface area contributed by atoms with E-state index in [1.54, 1.807) is 12.1 Å². The third-order valence-corrected chi connectivity index (χ3v) is 6.72. The Balaban J connectivity index is 1.53. The molecule has 2 saturated heterocycles. The van der Waals surface area contributed by atoms with Gasteiger partial charge in [0.05, 0.1) is 5.02 Å². The van der Waals surface area contributed by atoms with Gasteiger partial charge in [-0.05, 0) is 64.4 Å². The molecule has 1 aromatic carbocycles. The van der Waals surface area contributed by atoms with Crippen LogP contribution >= 0.6 is 11.6 Å². The van der Waals surface area contributed by atoms with Gasteiger partial charge in [-0.3, -0.25) is 9.80 Å². The number of hydrogen-bond acceptors (Lipinski definition) is 3. The average Bonchev–Trinajstić information content (AvgIpc) is 2.62. The van der Waals surface area contributed by atoms with Crippen LogP contribution < -0.4 is 0 Å². The number of piperidine rings is 1. The fourth-order valence-electron chi connectivity index (χ4n) is 4.20. The van der Waals surface area contributed by atoms with Crippen LogP contribution in [0.15, 0.2) is 12.1 Å². The molecule has 3 rings (SSSR count). The smallest absolute Gasteiger partial charge is 0.129 e. The SMILES string of the molecule is Cc1ccc(F)c(CN2CCC([C@H](C)N3CCN(C)CC3)CC2)c1Cl. The van der Waals surface area contributed by atoms with Gasteiger partial charge in [0.15, 0.2) is 0 Å². The van der Waals surface area contributed by atoms with E-state index in [0.29, 0.717) is 23.2 Å². The van der Waals surface area contributed by atoms with Crippen molar-refractivity contribution in [3.8, 4) is 0 Å². The van der Waals surface area contributed by atoms with Crippen molar-refractivity contribution in [3.05, 3.63) is 34.1 Å². The van der Waals surface area contributed by atoms with Crippen molar-refractivity contribution in [2.45, 2.75) is 39.3 Å². The Labute approximate surface area is 156 Å². The van der Waals surface area contributed by atoms with Crippen molar-refractivity contribution in [3.63, 3.8) is 0 Å². The highest BCUT2D eigenvalue weighted by molar-refractivity contribution is 6.32. The number of aryl methyl sites for hydroxylation is 1. The third kappa shape index (κ3) is 4.54. The van der Waals surface area contributed by atoms with Crippen molar-refractivity contribution >= 4 is 11.6 Å². The van der Waals surface area contributed by atoms with E-state index in [9.17, 15) is 4.39 Å². The predicted octanol–water partition coefficient (Wildman–Crippen LogP) is 3.64. The van der Waals surface area contributed by atoms with Crippen LogP contribution in [0.25, 0.3) is 0 Å². The normalized spacial score (nSPS) is 23.1. The lowest BCUT2D eigenvalue weighted by atomic mass is 9.89. The largest absolute Gasteiger partial charge is 0.304 e. The summed E-state index contributed by atoms with van der Waals surface area (Å²) in [7, 11) is 2.20. The molecule has 0 unspecified atom stereocenters. The highest BCUT2D eigenvalue weighted by Gasteiger charge is 2.29. The molecule has 1 aromatic rings. The van der Waals surface area contributed by atoms with Crippen molar-refractivity contribution < 1.29 is 4.39 Å². The second kappa shape index (κ2) is 8.34. The molecule has 140 valence electrons. The van der Waals surface area contributed by atoms with E-state index in [-0.39, 0.29) is 5.82 Å². The van der Waals surface area contributed by atoms with Gasteiger partial charge < -0.3 is 4.90 Å². The van der Waals surface area contributed by atoms with Gasteiger partial charge in [0, 0.05) is 44.3 Å². The molecule has 2 aliphatic heterocycles. The maximum absolute atomic E-state index is 14.1. The molecule has 2 aliphatic rings. The van der Waals surface area contributed by atoms with Crippen LogP contribution in [0.5, 0.6) is 0 Å². The number of benzene rings is 1. The lowest BCUT2D eigenvalue weighted by Crippen LogP contribution is -2.51. The van der Waals surface area contributed by atoms with Gasteiger partial charge in [0.25, 0.3) is 0 Å². The van der Waals surface area contributed by atoms with Gasteiger partial charge in [0.1, 0.15) is 5.82 Å². The fraction of sp³-hybridized carbons (Fsp3) is 0.700. The minimum Gasteiger partial charge on any atom is -0.304 e. The van der Waals surface area contributed by atoms with Crippen molar-refractivity contribution in [1.29, 1.82) is 0 Å². The van der Waals surface area contributed by atoms with Gasteiger partial charge in [-0.2, -0.15) is 0 Å². The first-order chi connectivity index (χ1) is 12.0. The quantitative estimate of drug-likeness (QED) is 0.804. The second-order valence-electron chi connectivity index (χ2n) is 7.85. The summed E-state index contributed by atoms with van der Waals surface area (Å²) in [5.74, 6) is 0.570. The number of hydrogen-bond donors (Lipinski definition) is 0. The molecule has 0 amide bonds. The third-order valence-electron chi connectivity index (χ3n) is 6.19. The monoisotopic (exact) mass is 367 g/mol. The lowest BCUT2D eigenvalue weighted by Gasteiger charge is -2.42. The summed E-state index contributed by atoms with van der Waals surface area (Å²) < 4.78 is 14.1. The zero-order chi connectivity index (χ0) is 18.0. The summed E-state index contributed by atoms with van der Waals surface area (Å²) in [5.41, 5.74) is 1.61. The minimum atomic E-state index is -0.177. The highest BCUT2D eigenvalue weighted by atomic mass is 35.5. The Morgan fingerprint density at radius 2 is 1.76 bits per heavy atom. The molecule has 0 aliphatic carbocycles. The second-order valence-corrected chi connectivity index (χ2v) is 8.23. The number of piperazine rings is 1. The highest BCUT2D eigenvalue weighted by Crippen LogP contribution is 2.29. The summed E-state index contributed by atoms with van der Waals surface area (Å²) in [6.07, 6.45) is 2.39. The molecule has 2 heterocycles. The molecular formula is C20H31ClFN3. The van der Waals surface area contributed by atoms with Crippen molar-refractivity contribution in [1.82, 2.24) is 14.7 Å². The van der Waals surface area contributed by atoms with Gasteiger partial charge >= 0.3 is 0 Å². The molecule has 0 bridgehead atoms. The number of likely N-dealkylation sites (N-methyl/N-ethyl adjacent to an activating group) is 1. The van der Waals surface area contributed by atoms with Crippen LogP contribution in [0, 0.1) is 18.7 Å². The summed E-state index contributed by atoms with van der Waals surface area (Å²) in [6, 6.07) is 3.94. The first-order valence-electron chi connectivity index (χ1n) is 9.54. The predicted molar refractivity (Wildman–Crippen MR) is 103 cm³/mol. The van der Waals surface area contributed by atoms with E-state index < -0.39 is 0 Å². The topological polar surface area (TPSA) is 9.72 Å². The molecule has 0 N–H and O–H groups in total. The Morgan fingerprint density at radius 1 is 1.12 bits per heavy atom. The van der Waals surface area contributed by atoms with E-state index in [4.69, 9.17) is 11.6 Å². The lowest BCUT2D eigenvalue weighted by molar-refractivity contribution is 0.0596. The molecule has 5 heteroatoms. The Hall–Kier alpha value is -0.680. The van der Waals surface area contributed by atoms with Crippen LogP contribution in [-0.2, 0) is 6.54 Å². The fourth-order valence-corrected chi connectivity index (χ4v) is 4.42. The number of halogens is 2. The summed E-state index contributed by atoms with van der Waals surface area (Å²) in [5, 5.41) is 0.591.